The highest BCUT2D eigenvalue weighted by molar-refractivity contribution is 5.32. The van der Waals surface area contributed by atoms with Crippen LogP contribution in [0.25, 0.3) is 0 Å². The van der Waals surface area contributed by atoms with Crippen LogP contribution in [0, 0.1) is 5.92 Å². The Kier molecular flexibility index (Phi) is 2.55. The second-order valence-corrected chi connectivity index (χ2v) is 4.75. The molecule has 2 atom stereocenters. The molecule has 3 heterocycles. The van der Waals surface area contributed by atoms with Crippen molar-refractivity contribution in [2.75, 3.05) is 24.5 Å². The summed E-state index contributed by atoms with van der Waals surface area (Å²) in [5.41, 5.74) is 0. The standard InChI is InChI=1S/C11H18N4O/c1-2-3-10-13-11(14-16-10)15-6-8-4-5-12-9(8)7-15/h8-9,12H,2-7H2,1H3/t8-,9+/m0/s1. The van der Waals surface area contributed by atoms with E-state index >= 15 is 0 Å². The van der Waals surface area contributed by atoms with Gasteiger partial charge >= 0.3 is 0 Å². The molecule has 0 bridgehead atoms. The molecule has 5 nitrogen and oxygen atoms in total. The van der Waals surface area contributed by atoms with Crippen LogP contribution in [0.1, 0.15) is 25.7 Å². The van der Waals surface area contributed by atoms with Gasteiger partial charge in [-0.25, -0.2) is 0 Å². The third kappa shape index (κ3) is 1.69. The summed E-state index contributed by atoms with van der Waals surface area (Å²) in [6.07, 6.45) is 3.21. The lowest BCUT2D eigenvalue weighted by molar-refractivity contribution is 0.376. The molecule has 0 aliphatic carbocycles. The van der Waals surface area contributed by atoms with Crippen LogP contribution in [0.15, 0.2) is 4.52 Å². The minimum absolute atomic E-state index is 0.633. The molecule has 88 valence electrons. The van der Waals surface area contributed by atoms with Crippen LogP contribution in [0.5, 0.6) is 0 Å². The predicted molar refractivity (Wildman–Crippen MR) is 60.4 cm³/mol. The maximum atomic E-state index is 5.22. The number of aryl methyl sites for hydroxylation is 1. The molecule has 0 unspecified atom stereocenters. The van der Waals surface area contributed by atoms with Gasteiger partial charge in [0, 0.05) is 25.6 Å². The minimum atomic E-state index is 0.633. The second kappa shape index (κ2) is 4.05. The molecular formula is C11H18N4O. The van der Waals surface area contributed by atoms with Crippen molar-refractivity contribution in [3.63, 3.8) is 0 Å². The van der Waals surface area contributed by atoms with Crippen molar-refractivity contribution in [3.8, 4) is 0 Å². The van der Waals surface area contributed by atoms with E-state index in [4.69, 9.17) is 4.52 Å². The number of rotatable bonds is 3. The zero-order valence-electron chi connectivity index (χ0n) is 9.65. The monoisotopic (exact) mass is 222 g/mol. The molecule has 0 saturated carbocycles. The van der Waals surface area contributed by atoms with E-state index in [0.29, 0.717) is 6.04 Å². The first-order valence-electron chi connectivity index (χ1n) is 6.17. The SMILES string of the molecule is CCCc1nc(N2C[C@@H]3CCN[C@@H]3C2)no1. The van der Waals surface area contributed by atoms with Gasteiger partial charge in [-0.1, -0.05) is 6.92 Å². The first kappa shape index (κ1) is 10.1. The van der Waals surface area contributed by atoms with Gasteiger partial charge in [0.25, 0.3) is 5.95 Å². The summed E-state index contributed by atoms with van der Waals surface area (Å²) in [5.74, 6) is 2.32. The number of nitrogens with one attached hydrogen (secondary N) is 1. The lowest BCUT2D eigenvalue weighted by Gasteiger charge is -2.13. The van der Waals surface area contributed by atoms with E-state index in [2.05, 4.69) is 27.3 Å². The highest BCUT2D eigenvalue weighted by atomic mass is 16.5. The fraction of sp³-hybridized carbons (Fsp3) is 0.818. The average molecular weight is 222 g/mol. The van der Waals surface area contributed by atoms with Crippen molar-refractivity contribution in [1.29, 1.82) is 0 Å². The van der Waals surface area contributed by atoms with Gasteiger partial charge in [0.1, 0.15) is 0 Å². The molecule has 2 aliphatic heterocycles. The predicted octanol–water partition coefficient (Wildman–Crippen LogP) is 0.820. The summed E-state index contributed by atoms with van der Waals surface area (Å²) in [6.45, 7) is 5.38. The Hall–Kier alpha value is -1.10. The van der Waals surface area contributed by atoms with E-state index < -0.39 is 0 Å². The van der Waals surface area contributed by atoms with Crippen LogP contribution >= 0.6 is 0 Å². The topological polar surface area (TPSA) is 54.2 Å². The van der Waals surface area contributed by atoms with E-state index in [0.717, 1.165) is 50.2 Å². The quantitative estimate of drug-likeness (QED) is 0.820. The lowest BCUT2D eigenvalue weighted by atomic mass is 10.1. The zero-order valence-corrected chi connectivity index (χ0v) is 9.65. The highest BCUT2D eigenvalue weighted by Gasteiger charge is 2.37. The molecule has 1 aromatic rings. The Labute approximate surface area is 95.2 Å². The first-order chi connectivity index (χ1) is 7.86. The van der Waals surface area contributed by atoms with Crippen molar-refractivity contribution >= 4 is 5.95 Å². The van der Waals surface area contributed by atoms with Gasteiger partial charge in [-0.15, -0.1) is 0 Å². The molecule has 0 amide bonds. The van der Waals surface area contributed by atoms with Gasteiger partial charge in [0.05, 0.1) is 0 Å². The van der Waals surface area contributed by atoms with Crippen LogP contribution in [0.4, 0.5) is 5.95 Å². The third-order valence-electron chi connectivity index (χ3n) is 3.57. The summed E-state index contributed by atoms with van der Waals surface area (Å²) in [6, 6.07) is 0.633. The number of aromatic nitrogens is 2. The van der Waals surface area contributed by atoms with Crippen molar-refractivity contribution < 1.29 is 4.52 Å². The number of fused-ring (bicyclic) bond motifs is 1. The van der Waals surface area contributed by atoms with E-state index in [1.165, 1.54) is 6.42 Å². The maximum Gasteiger partial charge on any atom is 0.266 e. The molecule has 0 aromatic carbocycles. The Balaban J connectivity index is 1.68. The van der Waals surface area contributed by atoms with Crippen LogP contribution in [-0.4, -0.2) is 35.8 Å². The molecule has 5 heteroatoms. The molecular weight excluding hydrogens is 204 g/mol. The number of hydrogen-bond acceptors (Lipinski definition) is 5. The summed E-state index contributed by atoms with van der Waals surface area (Å²) in [4.78, 5) is 6.67. The summed E-state index contributed by atoms with van der Waals surface area (Å²) >= 11 is 0. The molecule has 1 aromatic heterocycles. The van der Waals surface area contributed by atoms with E-state index in [-0.39, 0.29) is 0 Å². The van der Waals surface area contributed by atoms with Crippen LogP contribution in [-0.2, 0) is 6.42 Å². The van der Waals surface area contributed by atoms with Crippen molar-refractivity contribution in [1.82, 2.24) is 15.5 Å². The maximum absolute atomic E-state index is 5.22. The van der Waals surface area contributed by atoms with Gasteiger partial charge in [-0.05, 0) is 30.5 Å². The Bertz CT molecular complexity index is 353. The fourth-order valence-corrected chi connectivity index (χ4v) is 2.70. The molecule has 2 fully saturated rings. The van der Waals surface area contributed by atoms with Crippen molar-refractivity contribution in [3.05, 3.63) is 5.89 Å². The minimum Gasteiger partial charge on any atom is -0.337 e. The fourth-order valence-electron chi connectivity index (χ4n) is 2.70. The average Bonchev–Trinajstić information content (AvgIpc) is 2.88. The van der Waals surface area contributed by atoms with Crippen LogP contribution < -0.4 is 10.2 Å². The second-order valence-electron chi connectivity index (χ2n) is 4.75. The summed E-state index contributed by atoms with van der Waals surface area (Å²) in [7, 11) is 0. The lowest BCUT2D eigenvalue weighted by Crippen LogP contribution is -2.30. The Morgan fingerprint density at radius 3 is 3.25 bits per heavy atom. The molecule has 2 aliphatic rings. The van der Waals surface area contributed by atoms with E-state index in [9.17, 15) is 0 Å². The van der Waals surface area contributed by atoms with E-state index in [1.807, 2.05) is 0 Å². The molecule has 1 N–H and O–H groups in total. The van der Waals surface area contributed by atoms with Gasteiger partial charge < -0.3 is 14.7 Å². The van der Waals surface area contributed by atoms with Gasteiger partial charge in [-0.3, -0.25) is 0 Å². The Morgan fingerprint density at radius 2 is 2.44 bits per heavy atom. The Morgan fingerprint density at radius 1 is 1.50 bits per heavy atom. The molecule has 0 spiro atoms. The van der Waals surface area contributed by atoms with Crippen molar-refractivity contribution in [2.24, 2.45) is 5.92 Å². The molecule has 16 heavy (non-hydrogen) atoms. The number of anilines is 1. The zero-order chi connectivity index (χ0) is 11.0. The third-order valence-corrected chi connectivity index (χ3v) is 3.57. The van der Waals surface area contributed by atoms with Crippen LogP contribution in [0.3, 0.4) is 0 Å². The van der Waals surface area contributed by atoms with Gasteiger partial charge in [0.2, 0.25) is 5.89 Å². The van der Waals surface area contributed by atoms with Crippen molar-refractivity contribution in [2.45, 2.75) is 32.2 Å². The number of hydrogen-bond donors (Lipinski definition) is 1. The largest absolute Gasteiger partial charge is 0.337 e. The molecule has 0 radical (unpaired) electrons. The van der Waals surface area contributed by atoms with E-state index in [1.54, 1.807) is 0 Å². The summed E-state index contributed by atoms with van der Waals surface area (Å²) < 4.78 is 5.22. The number of nitrogens with zero attached hydrogens (tertiary/aromatic N) is 3. The molecule has 2 saturated heterocycles. The summed E-state index contributed by atoms with van der Waals surface area (Å²) in [5, 5.41) is 7.58. The normalized spacial score (nSPS) is 28.7. The first-order valence-corrected chi connectivity index (χ1v) is 6.17. The molecule has 3 rings (SSSR count). The van der Waals surface area contributed by atoms with Gasteiger partial charge in [-0.2, -0.15) is 4.98 Å². The smallest absolute Gasteiger partial charge is 0.266 e. The highest BCUT2D eigenvalue weighted by Crippen LogP contribution is 2.27. The van der Waals surface area contributed by atoms with Gasteiger partial charge in [0.15, 0.2) is 0 Å². The van der Waals surface area contributed by atoms with Crippen LogP contribution in [0.2, 0.25) is 0 Å².